The van der Waals surface area contributed by atoms with Gasteiger partial charge in [0.2, 0.25) is 5.91 Å². The molecule has 0 aliphatic heterocycles. The maximum Gasteiger partial charge on any atom is 0.230 e. The zero-order valence-corrected chi connectivity index (χ0v) is 15.1. The molecule has 0 atom stereocenters. The van der Waals surface area contributed by atoms with Crippen LogP contribution in [0.1, 0.15) is 5.56 Å². The standard InChI is InChI=1S/C19H17FN2O3S/c1-24-15-8-5-13(17(10-15)25-2)9-18(23)22-19-21-16(11-26-19)12-3-6-14(20)7-4-12/h3-8,10-11H,9H2,1-2H3,(H,21,22,23). The topological polar surface area (TPSA) is 60.5 Å². The Labute approximate surface area is 154 Å². The van der Waals surface area contributed by atoms with E-state index in [2.05, 4.69) is 10.3 Å². The van der Waals surface area contributed by atoms with Gasteiger partial charge < -0.3 is 14.8 Å². The van der Waals surface area contributed by atoms with Crippen LogP contribution in [0.5, 0.6) is 11.5 Å². The molecular formula is C19H17FN2O3S. The summed E-state index contributed by atoms with van der Waals surface area (Å²) in [5.74, 6) is 0.750. The van der Waals surface area contributed by atoms with Gasteiger partial charge in [-0.05, 0) is 30.3 Å². The Morgan fingerprint density at radius 3 is 2.62 bits per heavy atom. The molecule has 0 saturated carbocycles. The van der Waals surface area contributed by atoms with E-state index in [-0.39, 0.29) is 18.1 Å². The van der Waals surface area contributed by atoms with E-state index in [0.29, 0.717) is 22.3 Å². The van der Waals surface area contributed by atoms with Gasteiger partial charge >= 0.3 is 0 Å². The highest BCUT2D eigenvalue weighted by Crippen LogP contribution is 2.27. The van der Waals surface area contributed by atoms with E-state index in [1.807, 2.05) is 5.38 Å². The zero-order valence-electron chi connectivity index (χ0n) is 14.3. The fourth-order valence-electron chi connectivity index (χ4n) is 2.42. The lowest BCUT2D eigenvalue weighted by atomic mass is 10.1. The molecule has 1 heterocycles. The molecule has 7 heteroatoms. The van der Waals surface area contributed by atoms with Gasteiger partial charge in [-0.1, -0.05) is 6.07 Å². The molecule has 0 bridgehead atoms. The number of halogens is 1. The van der Waals surface area contributed by atoms with Gasteiger partial charge in [-0.2, -0.15) is 0 Å². The highest BCUT2D eigenvalue weighted by Gasteiger charge is 2.12. The number of amides is 1. The number of ether oxygens (including phenoxy) is 2. The summed E-state index contributed by atoms with van der Waals surface area (Å²) in [6, 6.07) is 11.4. The van der Waals surface area contributed by atoms with Gasteiger partial charge in [0.15, 0.2) is 5.13 Å². The van der Waals surface area contributed by atoms with Crippen LogP contribution in [0.15, 0.2) is 47.8 Å². The maximum atomic E-state index is 13.0. The molecule has 0 fully saturated rings. The number of benzene rings is 2. The van der Waals surface area contributed by atoms with Gasteiger partial charge in [-0.3, -0.25) is 4.79 Å². The van der Waals surface area contributed by atoms with Crippen LogP contribution in [0.25, 0.3) is 11.3 Å². The average Bonchev–Trinajstić information content (AvgIpc) is 3.11. The fraction of sp³-hybridized carbons (Fsp3) is 0.158. The number of nitrogens with one attached hydrogen (secondary N) is 1. The van der Waals surface area contributed by atoms with Crippen molar-refractivity contribution in [1.29, 1.82) is 0 Å². The molecule has 0 spiro atoms. The molecule has 0 aliphatic rings. The number of thiazole rings is 1. The van der Waals surface area contributed by atoms with Gasteiger partial charge in [0.05, 0.1) is 26.3 Å². The maximum absolute atomic E-state index is 13.0. The van der Waals surface area contributed by atoms with Gasteiger partial charge in [-0.15, -0.1) is 11.3 Å². The summed E-state index contributed by atoms with van der Waals surface area (Å²) in [5.41, 5.74) is 2.23. The van der Waals surface area contributed by atoms with Crippen molar-refractivity contribution in [3.8, 4) is 22.8 Å². The minimum absolute atomic E-state index is 0.151. The van der Waals surface area contributed by atoms with E-state index in [9.17, 15) is 9.18 Å². The monoisotopic (exact) mass is 372 g/mol. The second-order valence-electron chi connectivity index (χ2n) is 5.45. The third kappa shape index (κ3) is 4.18. The first-order valence-electron chi connectivity index (χ1n) is 7.81. The Morgan fingerprint density at radius 1 is 1.15 bits per heavy atom. The van der Waals surface area contributed by atoms with Crippen LogP contribution in [0, 0.1) is 5.82 Å². The van der Waals surface area contributed by atoms with E-state index in [1.54, 1.807) is 44.6 Å². The van der Waals surface area contributed by atoms with Crippen molar-refractivity contribution in [3.63, 3.8) is 0 Å². The highest BCUT2D eigenvalue weighted by atomic mass is 32.1. The minimum atomic E-state index is -0.300. The van der Waals surface area contributed by atoms with E-state index < -0.39 is 0 Å². The van der Waals surface area contributed by atoms with Crippen molar-refractivity contribution in [2.75, 3.05) is 19.5 Å². The van der Waals surface area contributed by atoms with Crippen LogP contribution in [0.3, 0.4) is 0 Å². The van der Waals surface area contributed by atoms with E-state index in [1.165, 1.54) is 23.5 Å². The summed E-state index contributed by atoms with van der Waals surface area (Å²) >= 11 is 1.32. The van der Waals surface area contributed by atoms with E-state index in [4.69, 9.17) is 9.47 Å². The summed E-state index contributed by atoms with van der Waals surface area (Å²) in [6.07, 6.45) is 0.151. The molecule has 26 heavy (non-hydrogen) atoms. The molecule has 1 aromatic heterocycles. The number of carbonyl (C=O) groups is 1. The first-order chi connectivity index (χ1) is 12.6. The number of aromatic nitrogens is 1. The highest BCUT2D eigenvalue weighted by molar-refractivity contribution is 7.14. The number of rotatable bonds is 6. The molecule has 0 aliphatic carbocycles. The van der Waals surface area contributed by atoms with E-state index >= 15 is 0 Å². The van der Waals surface area contributed by atoms with Crippen LogP contribution < -0.4 is 14.8 Å². The molecule has 5 nitrogen and oxygen atoms in total. The van der Waals surface area contributed by atoms with Crippen molar-refractivity contribution in [2.24, 2.45) is 0 Å². The zero-order chi connectivity index (χ0) is 18.5. The summed E-state index contributed by atoms with van der Waals surface area (Å²) in [5, 5.41) is 5.08. The normalized spacial score (nSPS) is 10.4. The summed E-state index contributed by atoms with van der Waals surface area (Å²) in [4.78, 5) is 16.7. The van der Waals surface area contributed by atoms with Gasteiger partial charge in [-0.25, -0.2) is 9.37 Å². The fourth-order valence-corrected chi connectivity index (χ4v) is 3.15. The predicted octanol–water partition coefficient (Wildman–Crippen LogP) is 4.15. The van der Waals surface area contributed by atoms with Crippen molar-refractivity contribution >= 4 is 22.4 Å². The Bertz CT molecular complexity index is 909. The average molecular weight is 372 g/mol. The van der Waals surface area contributed by atoms with Crippen LogP contribution >= 0.6 is 11.3 Å². The van der Waals surface area contributed by atoms with E-state index in [0.717, 1.165) is 11.1 Å². The van der Waals surface area contributed by atoms with Crippen LogP contribution in [-0.2, 0) is 11.2 Å². The Hall–Kier alpha value is -2.93. The molecule has 0 radical (unpaired) electrons. The van der Waals surface area contributed by atoms with Gasteiger partial charge in [0, 0.05) is 22.6 Å². The van der Waals surface area contributed by atoms with Crippen molar-refractivity contribution < 1.29 is 18.7 Å². The summed E-state index contributed by atoms with van der Waals surface area (Å²) in [6.45, 7) is 0. The quantitative estimate of drug-likeness (QED) is 0.706. The molecule has 0 saturated heterocycles. The Balaban J connectivity index is 1.68. The number of hydrogen-bond acceptors (Lipinski definition) is 5. The number of anilines is 1. The molecule has 0 unspecified atom stereocenters. The second-order valence-corrected chi connectivity index (χ2v) is 6.31. The SMILES string of the molecule is COc1ccc(CC(=O)Nc2nc(-c3ccc(F)cc3)cs2)c(OC)c1. The molecule has 3 rings (SSSR count). The number of nitrogens with zero attached hydrogens (tertiary/aromatic N) is 1. The largest absolute Gasteiger partial charge is 0.497 e. The smallest absolute Gasteiger partial charge is 0.230 e. The van der Waals surface area contributed by atoms with Crippen molar-refractivity contribution in [1.82, 2.24) is 4.98 Å². The number of carbonyl (C=O) groups excluding carboxylic acids is 1. The van der Waals surface area contributed by atoms with Gasteiger partial charge in [0.1, 0.15) is 17.3 Å². The third-order valence-corrected chi connectivity index (χ3v) is 4.49. The second kappa shape index (κ2) is 7.97. The molecule has 1 amide bonds. The lowest BCUT2D eigenvalue weighted by Crippen LogP contribution is -2.14. The lowest BCUT2D eigenvalue weighted by molar-refractivity contribution is -0.115. The third-order valence-electron chi connectivity index (χ3n) is 3.74. The number of hydrogen-bond donors (Lipinski definition) is 1. The Morgan fingerprint density at radius 2 is 1.92 bits per heavy atom. The minimum Gasteiger partial charge on any atom is -0.497 e. The summed E-state index contributed by atoms with van der Waals surface area (Å²) in [7, 11) is 3.12. The molecule has 2 aromatic carbocycles. The predicted molar refractivity (Wildman–Crippen MR) is 99.4 cm³/mol. The number of methoxy groups -OCH3 is 2. The first-order valence-corrected chi connectivity index (χ1v) is 8.69. The lowest BCUT2D eigenvalue weighted by Gasteiger charge is -2.10. The van der Waals surface area contributed by atoms with Crippen molar-refractivity contribution in [2.45, 2.75) is 6.42 Å². The van der Waals surface area contributed by atoms with Crippen LogP contribution in [0.4, 0.5) is 9.52 Å². The molecule has 1 N–H and O–H groups in total. The summed E-state index contributed by atoms with van der Waals surface area (Å²) < 4.78 is 23.5. The van der Waals surface area contributed by atoms with Crippen LogP contribution in [0.2, 0.25) is 0 Å². The van der Waals surface area contributed by atoms with Crippen molar-refractivity contribution in [3.05, 3.63) is 59.2 Å². The van der Waals surface area contributed by atoms with Crippen LogP contribution in [-0.4, -0.2) is 25.1 Å². The molecular weight excluding hydrogens is 355 g/mol. The van der Waals surface area contributed by atoms with Gasteiger partial charge in [0.25, 0.3) is 0 Å². The Kier molecular flexibility index (Phi) is 5.48. The molecule has 134 valence electrons. The first kappa shape index (κ1) is 17.9. The molecule has 3 aromatic rings.